The van der Waals surface area contributed by atoms with Crippen LogP contribution in [-0.2, 0) is 15.6 Å². The van der Waals surface area contributed by atoms with Gasteiger partial charge >= 0.3 is 0 Å². The van der Waals surface area contributed by atoms with E-state index >= 15 is 0 Å². The Morgan fingerprint density at radius 3 is 2.14 bits per heavy atom. The molecule has 0 unspecified atom stereocenters. The number of carbonyl (C=O) groups is 1. The highest BCUT2D eigenvalue weighted by atomic mass is 35.5. The van der Waals surface area contributed by atoms with Gasteiger partial charge in [-0.15, -0.1) is 23.7 Å². The third kappa shape index (κ3) is 7.12. The quantitative estimate of drug-likeness (QED) is 0.126. The minimum Gasteiger partial charge on any atom is -0.507 e. The maximum absolute atomic E-state index is 12.7. The van der Waals surface area contributed by atoms with Crippen molar-refractivity contribution < 1.29 is 15.0 Å². The second-order valence-corrected chi connectivity index (χ2v) is 11.4. The Morgan fingerprint density at radius 1 is 1.00 bits per heavy atom. The van der Waals surface area contributed by atoms with Crippen molar-refractivity contribution in [3.8, 4) is 11.5 Å². The lowest BCUT2D eigenvalue weighted by atomic mass is 9.78. The van der Waals surface area contributed by atoms with Gasteiger partial charge in [0.2, 0.25) is 5.91 Å². The van der Waals surface area contributed by atoms with E-state index in [9.17, 15) is 15.0 Å². The molecule has 36 heavy (non-hydrogen) atoms. The van der Waals surface area contributed by atoms with Crippen LogP contribution < -0.4 is 11.1 Å². The number of anilines is 1. The lowest BCUT2D eigenvalue weighted by Crippen LogP contribution is -2.17. The highest BCUT2D eigenvalue weighted by molar-refractivity contribution is 7.12. The van der Waals surface area contributed by atoms with Gasteiger partial charge in [0.1, 0.15) is 17.3 Å². The number of amides is 1. The second-order valence-electron chi connectivity index (χ2n) is 10.5. The van der Waals surface area contributed by atoms with Gasteiger partial charge in [-0.25, -0.2) is 4.99 Å². The van der Waals surface area contributed by atoms with Gasteiger partial charge in [-0.1, -0.05) is 47.6 Å². The maximum Gasteiger partial charge on any atom is 0.248 e. The summed E-state index contributed by atoms with van der Waals surface area (Å²) in [5.74, 6) is 0.167. The molecule has 1 amide bonds. The largest absolute Gasteiger partial charge is 0.507 e. The first kappa shape index (κ1) is 28.9. The third-order valence-corrected chi connectivity index (χ3v) is 6.33. The molecule has 0 atom stereocenters. The first-order valence-electron chi connectivity index (χ1n) is 11.3. The molecule has 6 nitrogen and oxygen atoms in total. The number of hydrogen-bond donors (Lipinski definition) is 4. The summed E-state index contributed by atoms with van der Waals surface area (Å²) < 4.78 is 0. The number of nitrogens with one attached hydrogen (secondary N) is 1. The minimum atomic E-state index is -0.407. The fraction of sp³-hybridized carbons (Fsp3) is 0.286. The molecular formula is C28H34ClN3O3S. The molecule has 0 saturated heterocycles. The molecule has 0 aliphatic heterocycles. The fourth-order valence-electron chi connectivity index (χ4n) is 3.55. The number of halogens is 1. The molecule has 2 aromatic carbocycles. The van der Waals surface area contributed by atoms with Gasteiger partial charge in [0, 0.05) is 17.2 Å². The number of phenols is 2. The van der Waals surface area contributed by atoms with Crippen molar-refractivity contribution in [1.29, 1.82) is 0 Å². The summed E-state index contributed by atoms with van der Waals surface area (Å²) in [5, 5.41) is 25.7. The van der Waals surface area contributed by atoms with Gasteiger partial charge < -0.3 is 21.3 Å². The Bertz CT molecular complexity index is 1250. The molecule has 1 heterocycles. The van der Waals surface area contributed by atoms with Crippen LogP contribution in [0, 0.1) is 0 Å². The summed E-state index contributed by atoms with van der Waals surface area (Å²) in [6.45, 7) is 12.2. The number of thiophene rings is 1. The van der Waals surface area contributed by atoms with E-state index in [0.717, 1.165) is 21.6 Å². The first-order chi connectivity index (χ1) is 16.3. The predicted molar refractivity (Wildman–Crippen MR) is 153 cm³/mol. The highest BCUT2D eigenvalue weighted by Gasteiger charge is 2.26. The molecule has 192 valence electrons. The summed E-state index contributed by atoms with van der Waals surface area (Å²) in [6.07, 6.45) is 3.10. The first-order valence-corrected chi connectivity index (χ1v) is 12.2. The maximum atomic E-state index is 12.7. The van der Waals surface area contributed by atoms with Gasteiger partial charge in [0.15, 0.2) is 0 Å². The van der Waals surface area contributed by atoms with Crippen LogP contribution in [0.15, 0.2) is 58.9 Å². The highest BCUT2D eigenvalue weighted by Crippen LogP contribution is 2.40. The van der Waals surface area contributed by atoms with Crippen molar-refractivity contribution in [3.05, 3.63) is 75.5 Å². The molecule has 3 aromatic rings. The summed E-state index contributed by atoms with van der Waals surface area (Å²) in [6, 6.07) is 12.2. The van der Waals surface area contributed by atoms with Crippen LogP contribution in [0.1, 0.15) is 63.1 Å². The lowest BCUT2D eigenvalue weighted by Gasteiger charge is -2.27. The molecule has 0 bridgehead atoms. The minimum absolute atomic E-state index is 0. The molecule has 5 N–H and O–H groups in total. The number of aromatic hydroxyl groups is 2. The van der Waals surface area contributed by atoms with Crippen LogP contribution in [0.2, 0.25) is 0 Å². The Balaban J connectivity index is 0.00000456. The van der Waals surface area contributed by atoms with Crippen LogP contribution >= 0.6 is 23.7 Å². The molecule has 0 spiro atoms. The molecule has 0 radical (unpaired) electrons. The van der Waals surface area contributed by atoms with Crippen molar-refractivity contribution in [2.75, 3.05) is 5.32 Å². The smallest absolute Gasteiger partial charge is 0.248 e. The van der Waals surface area contributed by atoms with E-state index in [0.29, 0.717) is 11.5 Å². The standard InChI is InChI=1S/C28H33N3O3S.ClH/c1-27(2,3)19-14-17(15-20(25(19)34)28(4,5)6)9-12-24(33)31-21-16-18(10-11-22(21)32)30-26(29)23-8-7-13-35-23;/h7-16,32,34H,1-6H3,(H2,29,30)(H,31,33);1H. The lowest BCUT2D eigenvalue weighted by molar-refractivity contribution is -0.111. The van der Waals surface area contributed by atoms with Gasteiger partial charge in [0.25, 0.3) is 0 Å². The Kier molecular flexibility index (Phi) is 8.99. The molecule has 3 rings (SSSR count). The molecule has 0 aliphatic carbocycles. The van der Waals surface area contributed by atoms with Crippen molar-refractivity contribution in [3.63, 3.8) is 0 Å². The van der Waals surface area contributed by atoms with E-state index in [2.05, 4.69) is 10.3 Å². The fourth-order valence-corrected chi connectivity index (χ4v) is 4.18. The Morgan fingerprint density at radius 2 is 1.61 bits per heavy atom. The molecule has 0 aliphatic rings. The third-order valence-electron chi connectivity index (χ3n) is 5.44. The Labute approximate surface area is 223 Å². The number of amidine groups is 1. The average Bonchev–Trinajstić information content (AvgIpc) is 3.29. The molecule has 1 aromatic heterocycles. The number of hydrogen-bond acceptors (Lipinski definition) is 5. The number of aliphatic imine (C=N–C) groups is 1. The zero-order valence-corrected chi connectivity index (χ0v) is 23.1. The van der Waals surface area contributed by atoms with Crippen molar-refractivity contribution in [1.82, 2.24) is 0 Å². The number of rotatable bonds is 5. The Hall–Kier alpha value is -3.29. The van der Waals surface area contributed by atoms with Gasteiger partial charge in [-0.3, -0.25) is 4.79 Å². The van der Waals surface area contributed by atoms with Gasteiger partial charge in [-0.2, -0.15) is 0 Å². The van der Waals surface area contributed by atoms with E-state index in [1.807, 2.05) is 71.2 Å². The van der Waals surface area contributed by atoms with Gasteiger partial charge in [0.05, 0.1) is 16.3 Å². The molecular weight excluding hydrogens is 494 g/mol. The zero-order chi connectivity index (χ0) is 26.0. The SMILES string of the molecule is CC(C)(C)c1cc(C=CC(=O)Nc2cc(N=C(N)c3cccs3)ccc2O)cc(C(C)(C)C)c1O.Cl. The van der Waals surface area contributed by atoms with Crippen molar-refractivity contribution in [2.45, 2.75) is 52.4 Å². The second kappa shape index (κ2) is 11.2. The van der Waals surface area contributed by atoms with Gasteiger partial charge in [-0.05, 0) is 64.2 Å². The predicted octanol–water partition coefficient (Wildman–Crippen LogP) is 6.87. The summed E-state index contributed by atoms with van der Waals surface area (Å²) in [7, 11) is 0. The van der Waals surface area contributed by atoms with E-state index in [1.165, 1.54) is 23.5 Å². The van der Waals surface area contributed by atoms with Crippen LogP contribution in [0.25, 0.3) is 6.08 Å². The normalized spacial score (nSPS) is 12.4. The number of carbonyl (C=O) groups excluding carboxylic acids is 1. The van der Waals surface area contributed by atoms with E-state index in [1.54, 1.807) is 18.2 Å². The number of nitrogens with two attached hydrogens (primary N) is 1. The summed E-state index contributed by atoms with van der Waals surface area (Å²) in [5.41, 5.74) is 8.69. The zero-order valence-electron chi connectivity index (χ0n) is 21.4. The number of nitrogens with zero attached hydrogens (tertiary/aromatic N) is 1. The van der Waals surface area contributed by atoms with E-state index in [4.69, 9.17) is 5.73 Å². The van der Waals surface area contributed by atoms with Crippen LogP contribution in [0.5, 0.6) is 11.5 Å². The number of phenolic OH excluding ortho intramolecular Hbond substituents is 2. The summed E-state index contributed by atoms with van der Waals surface area (Å²) in [4.78, 5) is 17.9. The van der Waals surface area contributed by atoms with Crippen molar-refractivity contribution >= 4 is 52.9 Å². The monoisotopic (exact) mass is 527 g/mol. The molecule has 0 fully saturated rings. The molecule has 0 saturated carbocycles. The summed E-state index contributed by atoms with van der Waals surface area (Å²) >= 11 is 1.48. The average molecular weight is 528 g/mol. The van der Waals surface area contributed by atoms with E-state index < -0.39 is 5.91 Å². The van der Waals surface area contributed by atoms with Crippen LogP contribution in [0.3, 0.4) is 0 Å². The molecule has 8 heteroatoms. The van der Waals surface area contributed by atoms with Crippen LogP contribution in [-0.4, -0.2) is 22.0 Å². The van der Waals surface area contributed by atoms with Crippen LogP contribution in [0.4, 0.5) is 11.4 Å². The topological polar surface area (TPSA) is 108 Å². The van der Waals surface area contributed by atoms with E-state index in [-0.39, 0.29) is 40.4 Å². The van der Waals surface area contributed by atoms with Crippen molar-refractivity contribution in [2.24, 2.45) is 10.7 Å². The number of benzene rings is 2.